The minimum atomic E-state index is -0.957. The average Bonchev–Trinajstić information content (AvgIpc) is 2.77. The summed E-state index contributed by atoms with van der Waals surface area (Å²) in [6, 6.07) is 2.40. The maximum atomic E-state index is 14.0. The molecule has 1 aromatic carbocycles. The number of carbonyl (C=O) groups excluding carboxylic acids is 1. The maximum absolute atomic E-state index is 14.0. The van der Waals surface area contributed by atoms with Crippen molar-refractivity contribution in [1.82, 2.24) is 4.90 Å². The fourth-order valence-electron chi connectivity index (χ4n) is 3.82. The number of benzene rings is 1. The number of anilines is 2. The Morgan fingerprint density at radius 1 is 1.24 bits per heavy atom. The number of hydrogen-bond acceptors (Lipinski definition) is 4. The molecule has 2 aliphatic heterocycles. The smallest absolute Gasteiger partial charge is 0.410 e. The number of nitrogens with one attached hydrogen (secondary N) is 1. The van der Waals surface area contributed by atoms with Gasteiger partial charge in [-0.2, -0.15) is 0 Å². The van der Waals surface area contributed by atoms with E-state index in [4.69, 9.17) is 10.5 Å². The summed E-state index contributed by atoms with van der Waals surface area (Å²) in [4.78, 5) is 14.3. The van der Waals surface area contributed by atoms with Crippen LogP contribution in [-0.2, 0) is 4.74 Å². The summed E-state index contributed by atoms with van der Waals surface area (Å²) in [5.74, 6) is -1.88. The van der Waals surface area contributed by atoms with Gasteiger partial charge in [-0.15, -0.1) is 0 Å². The molecule has 7 heteroatoms. The Labute approximate surface area is 146 Å². The quantitative estimate of drug-likeness (QED) is 0.792. The third kappa shape index (κ3) is 3.65. The Hall–Kier alpha value is -2.05. The second-order valence-corrected chi connectivity index (χ2v) is 7.91. The van der Waals surface area contributed by atoms with E-state index in [0.29, 0.717) is 12.8 Å². The van der Waals surface area contributed by atoms with Crippen LogP contribution in [0.2, 0.25) is 0 Å². The summed E-state index contributed by atoms with van der Waals surface area (Å²) in [7, 11) is 0. The van der Waals surface area contributed by atoms with Gasteiger partial charge in [-0.05, 0) is 58.6 Å². The van der Waals surface area contributed by atoms with Gasteiger partial charge in [-0.25, -0.2) is 13.6 Å². The topological polar surface area (TPSA) is 67.6 Å². The number of nitrogens with two attached hydrogens (primary N) is 1. The molecule has 3 rings (SSSR count). The number of carbonyl (C=O) groups is 1. The van der Waals surface area contributed by atoms with Gasteiger partial charge in [0, 0.05) is 18.1 Å². The highest BCUT2D eigenvalue weighted by atomic mass is 19.2. The van der Waals surface area contributed by atoms with Crippen LogP contribution in [0.3, 0.4) is 0 Å². The minimum absolute atomic E-state index is 0.00937. The molecular weight excluding hydrogens is 328 g/mol. The van der Waals surface area contributed by atoms with Crippen molar-refractivity contribution in [2.45, 2.75) is 70.2 Å². The van der Waals surface area contributed by atoms with Crippen LogP contribution in [0.4, 0.5) is 25.0 Å². The molecule has 0 spiro atoms. The van der Waals surface area contributed by atoms with Crippen molar-refractivity contribution >= 4 is 17.5 Å². The molecule has 0 saturated carbocycles. The molecule has 2 saturated heterocycles. The first-order valence-corrected chi connectivity index (χ1v) is 8.67. The summed E-state index contributed by atoms with van der Waals surface area (Å²) in [5.41, 5.74) is 5.44. The number of nitrogen functional groups attached to an aromatic ring is 1. The second kappa shape index (κ2) is 6.35. The van der Waals surface area contributed by atoms with E-state index in [9.17, 15) is 13.6 Å². The highest BCUT2D eigenvalue weighted by molar-refractivity contribution is 5.70. The van der Waals surface area contributed by atoms with Crippen LogP contribution in [0.5, 0.6) is 0 Å². The van der Waals surface area contributed by atoms with Gasteiger partial charge >= 0.3 is 6.09 Å². The Morgan fingerprint density at radius 3 is 2.40 bits per heavy atom. The minimum Gasteiger partial charge on any atom is -0.444 e. The summed E-state index contributed by atoms with van der Waals surface area (Å²) in [6.45, 7) is 5.53. The Morgan fingerprint density at radius 2 is 1.84 bits per heavy atom. The molecule has 1 amide bonds. The van der Waals surface area contributed by atoms with E-state index in [2.05, 4.69) is 5.32 Å². The van der Waals surface area contributed by atoms with Crippen molar-refractivity contribution in [3.63, 3.8) is 0 Å². The molecule has 2 fully saturated rings. The van der Waals surface area contributed by atoms with Gasteiger partial charge in [0.25, 0.3) is 0 Å². The monoisotopic (exact) mass is 353 g/mol. The number of ether oxygens (including phenoxy) is 1. The lowest BCUT2D eigenvalue weighted by Gasteiger charge is -2.40. The molecule has 2 unspecified atom stereocenters. The van der Waals surface area contributed by atoms with Crippen molar-refractivity contribution < 1.29 is 18.3 Å². The van der Waals surface area contributed by atoms with Crippen LogP contribution >= 0.6 is 0 Å². The predicted octanol–water partition coefficient (Wildman–Crippen LogP) is 3.89. The van der Waals surface area contributed by atoms with Gasteiger partial charge in [0.1, 0.15) is 5.60 Å². The van der Waals surface area contributed by atoms with Crippen molar-refractivity contribution in [3.8, 4) is 0 Å². The van der Waals surface area contributed by atoms with E-state index in [1.54, 1.807) is 0 Å². The number of nitrogens with zero attached hydrogens (tertiary/aromatic N) is 1. The van der Waals surface area contributed by atoms with Crippen LogP contribution in [0, 0.1) is 11.6 Å². The van der Waals surface area contributed by atoms with Gasteiger partial charge in [-0.1, -0.05) is 0 Å². The second-order valence-electron chi connectivity index (χ2n) is 7.91. The van der Waals surface area contributed by atoms with E-state index in [-0.39, 0.29) is 35.6 Å². The zero-order chi connectivity index (χ0) is 18.4. The third-order valence-corrected chi connectivity index (χ3v) is 4.81. The molecular formula is C18H25F2N3O2. The standard InChI is InChI=1S/C18H25F2N3O2/c1-18(2,3)25-17(24)23-11-4-5-12(23)9-10(8-11)22-16-14(21)7-6-13(19)15(16)20/h6-7,10-12,22H,4-5,8-9,21H2,1-3H3. The van der Waals surface area contributed by atoms with Gasteiger partial charge in [0.05, 0.1) is 11.4 Å². The van der Waals surface area contributed by atoms with Crippen molar-refractivity contribution in [3.05, 3.63) is 23.8 Å². The van der Waals surface area contributed by atoms with Crippen molar-refractivity contribution in [2.75, 3.05) is 11.1 Å². The van der Waals surface area contributed by atoms with E-state index in [0.717, 1.165) is 18.9 Å². The van der Waals surface area contributed by atoms with E-state index in [1.165, 1.54) is 6.07 Å². The lowest BCUT2D eigenvalue weighted by atomic mass is 9.97. The Kier molecular flexibility index (Phi) is 4.51. The number of hydrogen-bond donors (Lipinski definition) is 2. The molecule has 5 nitrogen and oxygen atoms in total. The Bertz CT molecular complexity index is 661. The van der Waals surface area contributed by atoms with Gasteiger partial charge < -0.3 is 20.7 Å². The normalized spacial score (nSPS) is 25.8. The molecule has 2 atom stereocenters. The molecule has 0 aliphatic carbocycles. The summed E-state index contributed by atoms with van der Waals surface area (Å²) >= 11 is 0. The lowest BCUT2D eigenvalue weighted by molar-refractivity contribution is 0.00682. The summed E-state index contributed by atoms with van der Waals surface area (Å²) < 4.78 is 33.0. The van der Waals surface area contributed by atoms with Crippen molar-refractivity contribution in [2.24, 2.45) is 0 Å². The lowest BCUT2D eigenvalue weighted by Crippen LogP contribution is -2.51. The summed E-state index contributed by atoms with van der Waals surface area (Å²) in [6.07, 6.45) is 2.80. The van der Waals surface area contributed by atoms with Gasteiger partial charge in [0.15, 0.2) is 11.6 Å². The SMILES string of the molecule is CC(C)(C)OC(=O)N1C2CCC1CC(Nc1c(N)ccc(F)c1F)C2. The molecule has 1 aromatic rings. The maximum Gasteiger partial charge on any atom is 0.410 e. The molecule has 3 N–H and O–H groups in total. The molecule has 0 aromatic heterocycles. The molecule has 2 bridgehead atoms. The first-order valence-electron chi connectivity index (χ1n) is 8.67. The molecule has 2 aliphatic rings. The third-order valence-electron chi connectivity index (χ3n) is 4.81. The molecule has 2 heterocycles. The fourth-order valence-corrected chi connectivity index (χ4v) is 3.82. The average molecular weight is 353 g/mol. The first kappa shape index (κ1) is 17.8. The van der Waals surface area contributed by atoms with Gasteiger partial charge in [-0.3, -0.25) is 0 Å². The predicted molar refractivity (Wildman–Crippen MR) is 92.3 cm³/mol. The highest BCUT2D eigenvalue weighted by Gasteiger charge is 2.45. The number of amides is 1. The van der Waals surface area contributed by atoms with Gasteiger partial charge in [0.2, 0.25) is 0 Å². The van der Waals surface area contributed by atoms with Crippen molar-refractivity contribution in [1.29, 1.82) is 0 Å². The van der Waals surface area contributed by atoms with Crippen LogP contribution in [-0.4, -0.2) is 34.7 Å². The fraction of sp³-hybridized carbons (Fsp3) is 0.611. The van der Waals surface area contributed by atoms with Crippen LogP contribution in [0.25, 0.3) is 0 Å². The Balaban J connectivity index is 1.70. The zero-order valence-electron chi connectivity index (χ0n) is 14.8. The van der Waals surface area contributed by atoms with E-state index < -0.39 is 17.2 Å². The molecule has 0 radical (unpaired) electrons. The highest BCUT2D eigenvalue weighted by Crippen LogP contribution is 2.38. The van der Waals surface area contributed by atoms with Crippen LogP contribution in [0.15, 0.2) is 12.1 Å². The summed E-state index contributed by atoms with van der Waals surface area (Å²) in [5, 5.41) is 3.05. The number of piperidine rings is 1. The largest absolute Gasteiger partial charge is 0.444 e. The number of rotatable bonds is 2. The first-order chi connectivity index (χ1) is 11.7. The van der Waals surface area contributed by atoms with E-state index >= 15 is 0 Å². The molecule has 25 heavy (non-hydrogen) atoms. The number of halogens is 2. The van der Waals surface area contributed by atoms with E-state index in [1.807, 2.05) is 25.7 Å². The van der Waals surface area contributed by atoms with Crippen LogP contribution in [0.1, 0.15) is 46.5 Å². The number of fused-ring (bicyclic) bond motifs is 2. The van der Waals surface area contributed by atoms with Crippen LogP contribution < -0.4 is 11.1 Å². The molecule has 138 valence electrons. The zero-order valence-corrected chi connectivity index (χ0v) is 14.8.